The molecule has 1 rings (SSSR count). The molecule has 1 aromatic carbocycles. The van der Waals surface area contributed by atoms with Gasteiger partial charge in [0.25, 0.3) is 0 Å². The predicted molar refractivity (Wildman–Crippen MR) is 80.1 cm³/mol. The molecule has 0 bridgehead atoms. The Morgan fingerprint density at radius 1 is 1.35 bits per heavy atom. The maximum Gasteiger partial charge on any atom is 0.242 e. The molecule has 0 saturated heterocycles. The molecular weight excluding hydrogens is 327 g/mol. The Morgan fingerprint density at radius 2 is 2.00 bits per heavy atom. The highest BCUT2D eigenvalue weighted by atomic mass is 127. The Kier molecular flexibility index (Phi) is 5.74. The van der Waals surface area contributed by atoms with Crippen LogP contribution in [0.3, 0.4) is 0 Å². The molecule has 0 aliphatic rings. The normalized spacial score (nSPS) is 13.9. The zero-order valence-electron chi connectivity index (χ0n) is 10.5. The number of carbonyl (C=O) groups is 1. The molecule has 1 aromatic rings. The zero-order valence-corrected chi connectivity index (χ0v) is 12.6. The van der Waals surface area contributed by atoms with E-state index in [0.717, 1.165) is 15.7 Å². The van der Waals surface area contributed by atoms with Crippen molar-refractivity contribution in [2.75, 3.05) is 5.32 Å². The van der Waals surface area contributed by atoms with Gasteiger partial charge in [0.15, 0.2) is 0 Å². The lowest BCUT2D eigenvalue weighted by atomic mass is 10.2. The van der Waals surface area contributed by atoms with E-state index in [1.807, 2.05) is 38.1 Å². The van der Waals surface area contributed by atoms with Crippen molar-refractivity contribution in [2.45, 2.75) is 39.3 Å². The fourth-order valence-electron chi connectivity index (χ4n) is 1.35. The van der Waals surface area contributed by atoms with Gasteiger partial charge in [-0.2, -0.15) is 0 Å². The highest BCUT2D eigenvalue weighted by molar-refractivity contribution is 14.1. The van der Waals surface area contributed by atoms with Gasteiger partial charge < -0.3 is 10.6 Å². The van der Waals surface area contributed by atoms with Crippen LogP contribution in [0, 0.1) is 3.57 Å². The molecular formula is C13H19IN2O. The second-order valence-electron chi connectivity index (χ2n) is 4.16. The van der Waals surface area contributed by atoms with Gasteiger partial charge in [-0.3, -0.25) is 4.79 Å². The monoisotopic (exact) mass is 346 g/mol. The van der Waals surface area contributed by atoms with Crippen LogP contribution >= 0.6 is 22.6 Å². The molecule has 0 aliphatic heterocycles. The van der Waals surface area contributed by atoms with Crippen molar-refractivity contribution in [3.8, 4) is 0 Å². The average molecular weight is 346 g/mol. The van der Waals surface area contributed by atoms with E-state index in [-0.39, 0.29) is 18.0 Å². The molecule has 3 nitrogen and oxygen atoms in total. The number of amides is 1. The lowest BCUT2D eigenvalue weighted by Crippen LogP contribution is -2.41. The highest BCUT2D eigenvalue weighted by Crippen LogP contribution is 2.17. The number of nitrogens with one attached hydrogen (secondary N) is 2. The van der Waals surface area contributed by atoms with Crippen LogP contribution in [0.5, 0.6) is 0 Å². The van der Waals surface area contributed by atoms with Gasteiger partial charge in [0, 0.05) is 15.3 Å². The fourth-order valence-corrected chi connectivity index (χ4v) is 1.89. The second-order valence-corrected chi connectivity index (χ2v) is 5.33. The predicted octanol–water partition coefficient (Wildman–Crippen LogP) is 3.01. The Hall–Kier alpha value is -0.780. The van der Waals surface area contributed by atoms with Gasteiger partial charge in [-0.25, -0.2) is 0 Å². The highest BCUT2D eigenvalue weighted by Gasteiger charge is 2.14. The first kappa shape index (κ1) is 14.3. The SMILES string of the molecule is CCC(C)NC(=O)C(C)Nc1ccccc1I. The lowest BCUT2D eigenvalue weighted by Gasteiger charge is -2.18. The topological polar surface area (TPSA) is 41.1 Å². The summed E-state index contributed by atoms with van der Waals surface area (Å²) in [6, 6.07) is 7.94. The van der Waals surface area contributed by atoms with Gasteiger partial charge in [0.1, 0.15) is 6.04 Å². The first-order valence-electron chi connectivity index (χ1n) is 5.86. The summed E-state index contributed by atoms with van der Waals surface area (Å²) in [5.41, 5.74) is 1.000. The van der Waals surface area contributed by atoms with E-state index in [2.05, 4.69) is 40.1 Å². The van der Waals surface area contributed by atoms with Gasteiger partial charge in [-0.15, -0.1) is 0 Å². The van der Waals surface area contributed by atoms with Crippen LogP contribution in [0.4, 0.5) is 5.69 Å². The Bertz CT molecular complexity index is 381. The van der Waals surface area contributed by atoms with Crippen molar-refractivity contribution in [3.05, 3.63) is 27.8 Å². The molecule has 0 spiro atoms. The molecule has 0 aliphatic carbocycles. The average Bonchev–Trinajstić information content (AvgIpc) is 2.31. The zero-order chi connectivity index (χ0) is 12.8. The summed E-state index contributed by atoms with van der Waals surface area (Å²) in [7, 11) is 0. The third kappa shape index (κ3) is 4.53. The van der Waals surface area contributed by atoms with Crippen LogP contribution in [0.15, 0.2) is 24.3 Å². The molecule has 0 heterocycles. The summed E-state index contributed by atoms with van der Waals surface area (Å²) < 4.78 is 1.12. The number of hydrogen-bond donors (Lipinski definition) is 2. The van der Waals surface area contributed by atoms with Crippen LogP contribution < -0.4 is 10.6 Å². The van der Waals surface area contributed by atoms with E-state index < -0.39 is 0 Å². The summed E-state index contributed by atoms with van der Waals surface area (Å²) >= 11 is 2.26. The molecule has 17 heavy (non-hydrogen) atoms. The van der Waals surface area contributed by atoms with Crippen molar-refractivity contribution < 1.29 is 4.79 Å². The van der Waals surface area contributed by atoms with Crippen molar-refractivity contribution in [1.29, 1.82) is 0 Å². The van der Waals surface area contributed by atoms with Crippen LogP contribution in [-0.4, -0.2) is 18.0 Å². The standard InChI is InChI=1S/C13H19IN2O/c1-4-9(2)15-13(17)10(3)16-12-8-6-5-7-11(12)14/h5-10,16H,4H2,1-3H3,(H,15,17). The van der Waals surface area contributed by atoms with E-state index in [9.17, 15) is 4.79 Å². The maximum absolute atomic E-state index is 11.9. The second kappa shape index (κ2) is 6.83. The number of benzene rings is 1. The smallest absolute Gasteiger partial charge is 0.242 e. The van der Waals surface area contributed by atoms with Crippen LogP contribution in [0.1, 0.15) is 27.2 Å². The van der Waals surface area contributed by atoms with Gasteiger partial charge in [0.05, 0.1) is 0 Å². The number of halogens is 1. The molecule has 94 valence electrons. The molecule has 4 heteroatoms. The molecule has 2 atom stereocenters. The summed E-state index contributed by atoms with van der Waals surface area (Å²) in [5, 5.41) is 6.18. The molecule has 0 saturated carbocycles. The first-order valence-corrected chi connectivity index (χ1v) is 6.94. The van der Waals surface area contributed by atoms with Gasteiger partial charge >= 0.3 is 0 Å². The van der Waals surface area contributed by atoms with Crippen LogP contribution in [0.25, 0.3) is 0 Å². The van der Waals surface area contributed by atoms with Crippen molar-refractivity contribution in [2.24, 2.45) is 0 Å². The van der Waals surface area contributed by atoms with E-state index in [0.29, 0.717) is 0 Å². The number of anilines is 1. The molecule has 0 fully saturated rings. The lowest BCUT2D eigenvalue weighted by molar-refractivity contribution is -0.122. The summed E-state index contributed by atoms with van der Waals surface area (Å²) in [6.45, 7) is 5.95. The number of carbonyl (C=O) groups excluding carboxylic acids is 1. The number of para-hydroxylation sites is 1. The molecule has 0 aromatic heterocycles. The van der Waals surface area contributed by atoms with E-state index in [1.54, 1.807) is 0 Å². The quantitative estimate of drug-likeness (QED) is 0.805. The molecule has 2 unspecified atom stereocenters. The number of hydrogen-bond acceptors (Lipinski definition) is 2. The van der Waals surface area contributed by atoms with Gasteiger partial charge in [-0.05, 0) is 55.0 Å². The summed E-state index contributed by atoms with van der Waals surface area (Å²) in [6.07, 6.45) is 0.946. The molecule has 1 amide bonds. The van der Waals surface area contributed by atoms with Crippen molar-refractivity contribution in [1.82, 2.24) is 5.32 Å². The van der Waals surface area contributed by atoms with Crippen molar-refractivity contribution >= 4 is 34.2 Å². The summed E-state index contributed by atoms with van der Waals surface area (Å²) in [4.78, 5) is 11.9. The van der Waals surface area contributed by atoms with Gasteiger partial charge in [0.2, 0.25) is 5.91 Å². The molecule has 0 radical (unpaired) electrons. The third-order valence-electron chi connectivity index (χ3n) is 2.64. The third-order valence-corrected chi connectivity index (χ3v) is 3.58. The van der Waals surface area contributed by atoms with Gasteiger partial charge in [-0.1, -0.05) is 19.1 Å². The number of rotatable bonds is 5. The van der Waals surface area contributed by atoms with E-state index in [4.69, 9.17) is 0 Å². The Labute approximate surface area is 117 Å². The van der Waals surface area contributed by atoms with Crippen molar-refractivity contribution in [3.63, 3.8) is 0 Å². The minimum Gasteiger partial charge on any atom is -0.373 e. The fraction of sp³-hybridized carbons (Fsp3) is 0.462. The van der Waals surface area contributed by atoms with Crippen LogP contribution in [-0.2, 0) is 4.79 Å². The van der Waals surface area contributed by atoms with E-state index >= 15 is 0 Å². The minimum atomic E-state index is -0.222. The first-order chi connectivity index (χ1) is 8.04. The Balaban J connectivity index is 2.57. The molecule has 2 N–H and O–H groups in total. The Morgan fingerprint density at radius 3 is 2.59 bits per heavy atom. The largest absolute Gasteiger partial charge is 0.373 e. The minimum absolute atomic E-state index is 0.0407. The van der Waals surface area contributed by atoms with E-state index in [1.165, 1.54) is 0 Å². The maximum atomic E-state index is 11.9. The summed E-state index contributed by atoms with van der Waals surface area (Å²) in [5.74, 6) is 0.0407. The van der Waals surface area contributed by atoms with Crippen LogP contribution in [0.2, 0.25) is 0 Å².